The molecule has 0 radical (unpaired) electrons. The second-order valence-corrected chi connectivity index (χ2v) is 13.9. The van der Waals surface area contributed by atoms with Crippen LogP contribution in [0, 0.1) is 0 Å². The maximum Gasteiger partial charge on any atom is 0.274 e. The maximum atomic E-state index is 12.0. The quantitative estimate of drug-likeness (QED) is 0.637. The summed E-state index contributed by atoms with van der Waals surface area (Å²) in [6, 6.07) is 0. The van der Waals surface area contributed by atoms with E-state index in [0.717, 1.165) is 11.1 Å². The van der Waals surface area contributed by atoms with Gasteiger partial charge in [-0.25, -0.2) is 0 Å². The molecule has 0 amide bonds. The number of allylic oxidation sites excluding steroid dienone is 3. The molecule has 1 aliphatic rings. The van der Waals surface area contributed by atoms with Gasteiger partial charge in [-0.3, -0.25) is 4.55 Å². The van der Waals surface area contributed by atoms with Gasteiger partial charge in [-0.2, -0.15) is 8.42 Å². The van der Waals surface area contributed by atoms with Crippen LogP contribution in [-0.4, -0.2) is 25.8 Å². The van der Waals surface area contributed by atoms with E-state index >= 15 is 0 Å². The molecule has 2 atom stereocenters. The van der Waals surface area contributed by atoms with Gasteiger partial charge in [0.1, 0.15) is 4.75 Å². The normalized spacial score (nSPS) is 27.5. The van der Waals surface area contributed by atoms with Crippen LogP contribution in [0.1, 0.15) is 27.2 Å². The smallest absolute Gasteiger partial charge is 0.274 e. The minimum absolute atomic E-state index is 0.0430. The summed E-state index contributed by atoms with van der Waals surface area (Å²) < 4.78 is 32.6. The third-order valence-corrected chi connectivity index (χ3v) is 8.91. The lowest BCUT2D eigenvalue weighted by Gasteiger charge is -2.42. The van der Waals surface area contributed by atoms with Crippen molar-refractivity contribution in [2.75, 3.05) is 0 Å². The van der Waals surface area contributed by atoms with Crippen LogP contribution >= 0.6 is 0 Å². The zero-order chi connectivity index (χ0) is 14.4. The molecular weight excluding hydrogens is 264 g/mol. The second-order valence-electron chi connectivity index (χ2n) is 6.57. The Morgan fingerprint density at radius 3 is 2.17 bits per heavy atom. The summed E-state index contributed by atoms with van der Waals surface area (Å²) in [7, 11) is -5.82. The lowest BCUT2D eigenvalue weighted by Crippen LogP contribution is -2.49. The maximum absolute atomic E-state index is 12.0. The SMILES string of the molecule is CC1=CC(C(C)[Si](C)(C)C)(S(=O)(=O)O)CC(C)=C1. The van der Waals surface area contributed by atoms with Crippen molar-refractivity contribution in [3.8, 4) is 0 Å². The molecule has 0 aromatic carbocycles. The van der Waals surface area contributed by atoms with E-state index in [0.29, 0.717) is 6.42 Å². The average Bonchev–Trinajstić information content (AvgIpc) is 2.11. The Balaban J connectivity index is 3.46. The van der Waals surface area contributed by atoms with Gasteiger partial charge in [0.15, 0.2) is 0 Å². The Morgan fingerprint density at radius 1 is 1.33 bits per heavy atom. The third-order valence-electron chi connectivity index (χ3n) is 4.01. The van der Waals surface area contributed by atoms with Crippen molar-refractivity contribution >= 4 is 18.2 Å². The molecule has 0 aromatic rings. The predicted molar refractivity (Wildman–Crippen MR) is 79.2 cm³/mol. The van der Waals surface area contributed by atoms with Crippen molar-refractivity contribution in [3.63, 3.8) is 0 Å². The van der Waals surface area contributed by atoms with Crippen LogP contribution in [0.2, 0.25) is 25.2 Å². The molecular formula is C13H24O3SSi. The standard InChI is InChI=1S/C13H24O3SSi/c1-10-7-11(2)9-13(8-10,17(14,15)16)12(3)18(4,5)6/h7-8,12H,9H2,1-6H3,(H,14,15,16). The first-order chi connectivity index (χ1) is 7.90. The summed E-state index contributed by atoms with van der Waals surface area (Å²) in [5.74, 6) is 0. The average molecular weight is 288 g/mol. The highest BCUT2D eigenvalue weighted by atomic mass is 32.2. The van der Waals surface area contributed by atoms with E-state index in [2.05, 4.69) is 19.6 Å². The van der Waals surface area contributed by atoms with Gasteiger partial charge in [0, 0.05) is 8.07 Å². The molecule has 0 aromatic heterocycles. The zero-order valence-electron chi connectivity index (χ0n) is 12.1. The fourth-order valence-electron chi connectivity index (χ4n) is 2.75. The summed E-state index contributed by atoms with van der Waals surface area (Å²) in [5.41, 5.74) is 1.89. The van der Waals surface area contributed by atoms with E-state index in [4.69, 9.17) is 0 Å². The van der Waals surface area contributed by atoms with E-state index in [1.165, 1.54) is 0 Å². The third kappa shape index (κ3) is 2.78. The molecule has 104 valence electrons. The van der Waals surface area contributed by atoms with Gasteiger partial charge in [-0.05, 0) is 25.8 Å². The van der Waals surface area contributed by atoms with Gasteiger partial charge in [-0.15, -0.1) is 0 Å². The topological polar surface area (TPSA) is 54.4 Å². The molecule has 0 aliphatic heterocycles. The summed E-state index contributed by atoms with van der Waals surface area (Å²) in [5, 5.41) is 0. The van der Waals surface area contributed by atoms with Crippen molar-refractivity contribution in [2.24, 2.45) is 0 Å². The van der Waals surface area contributed by atoms with Crippen molar-refractivity contribution in [3.05, 3.63) is 23.3 Å². The highest BCUT2D eigenvalue weighted by Crippen LogP contribution is 2.46. The Morgan fingerprint density at radius 2 is 1.83 bits per heavy atom. The number of hydrogen-bond acceptors (Lipinski definition) is 2. The molecule has 1 rings (SSSR count). The summed E-state index contributed by atoms with van der Waals surface area (Å²) in [4.78, 5) is 0. The van der Waals surface area contributed by atoms with Gasteiger partial charge in [0.25, 0.3) is 10.1 Å². The molecule has 1 aliphatic carbocycles. The van der Waals surface area contributed by atoms with Crippen LogP contribution in [0.25, 0.3) is 0 Å². The molecule has 18 heavy (non-hydrogen) atoms. The Labute approximate surface area is 112 Å². The molecule has 0 spiro atoms. The number of rotatable bonds is 3. The molecule has 2 unspecified atom stereocenters. The first-order valence-corrected chi connectivity index (χ1v) is 11.3. The Hall–Kier alpha value is -0.393. The number of hydrogen-bond donors (Lipinski definition) is 1. The first kappa shape index (κ1) is 15.7. The Kier molecular flexibility index (Phi) is 4.02. The van der Waals surface area contributed by atoms with Gasteiger partial charge < -0.3 is 0 Å². The van der Waals surface area contributed by atoms with Crippen LogP contribution in [0.5, 0.6) is 0 Å². The molecule has 0 fully saturated rings. The monoisotopic (exact) mass is 288 g/mol. The molecule has 0 saturated carbocycles. The highest BCUT2D eigenvalue weighted by Gasteiger charge is 2.51. The lowest BCUT2D eigenvalue weighted by atomic mass is 9.88. The van der Waals surface area contributed by atoms with E-state index in [1.54, 1.807) is 6.08 Å². The van der Waals surface area contributed by atoms with E-state index in [9.17, 15) is 13.0 Å². The highest BCUT2D eigenvalue weighted by molar-refractivity contribution is 7.87. The molecule has 0 bridgehead atoms. The van der Waals surface area contributed by atoms with Crippen LogP contribution < -0.4 is 0 Å². The summed E-state index contributed by atoms with van der Waals surface area (Å²) in [6.45, 7) is 12.2. The molecule has 5 heteroatoms. The van der Waals surface area contributed by atoms with Crippen LogP contribution in [-0.2, 0) is 10.1 Å². The van der Waals surface area contributed by atoms with E-state index in [1.807, 2.05) is 26.8 Å². The van der Waals surface area contributed by atoms with Crippen LogP contribution in [0.3, 0.4) is 0 Å². The minimum Gasteiger partial charge on any atom is -0.285 e. The Bertz CT molecular complexity index is 497. The molecule has 1 N–H and O–H groups in total. The minimum atomic E-state index is -4.12. The van der Waals surface area contributed by atoms with Crippen LogP contribution in [0.4, 0.5) is 0 Å². The zero-order valence-corrected chi connectivity index (χ0v) is 13.9. The fraction of sp³-hybridized carbons (Fsp3) is 0.692. The van der Waals surface area contributed by atoms with Gasteiger partial charge >= 0.3 is 0 Å². The van der Waals surface area contributed by atoms with Crippen molar-refractivity contribution in [1.29, 1.82) is 0 Å². The van der Waals surface area contributed by atoms with Crippen LogP contribution in [0.15, 0.2) is 23.3 Å². The lowest BCUT2D eigenvalue weighted by molar-refractivity contribution is 0.434. The van der Waals surface area contributed by atoms with E-state index < -0.39 is 22.9 Å². The largest absolute Gasteiger partial charge is 0.285 e. The van der Waals surface area contributed by atoms with Gasteiger partial charge in [0.05, 0.1) is 0 Å². The van der Waals surface area contributed by atoms with Gasteiger partial charge in [-0.1, -0.05) is 49.9 Å². The summed E-state index contributed by atoms with van der Waals surface area (Å²) in [6.07, 6.45) is 4.13. The predicted octanol–water partition coefficient (Wildman–Crippen LogP) is 3.64. The molecule has 3 nitrogen and oxygen atoms in total. The molecule has 0 heterocycles. The fourth-order valence-corrected chi connectivity index (χ4v) is 7.10. The van der Waals surface area contributed by atoms with Crippen molar-refractivity contribution < 1.29 is 13.0 Å². The van der Waals surface area contributed by atoms with Crippen molar-refractivity contribution in [1.82, 2.24) is 0 Å². The van der Waals surface area contributed by atoms with E-state index in [-0.39, 0.29) is 5.54 Å². The van der Waals surface area contributed by atoms with Crippen molar-refractivity contribution in [2.45, 2.75) is 57.1 Å². The summed E-state index contributed by atoms with van der Waals surface area (Å²) >= 11 is 0. The molecule has 0 saturated heterocycles. The first-order valence-electron chi connectivity index (χ1n) is 6.24. The second kappa shape index (κ2) is 4.61. The van der Waals surface area contributed by atoms with Gasteiger partial charge in [0.2, 0.25) is 0 Å².